The number of ether oxygens (including phenoxy) is 1. The number of likely N-dealkylation sites (N-methyl/N-ethyl adjacent to an activating group) is 1. The molecule has 0 aliphatic carbocycles. The van der Waals surface area contributed by atoms with Gasteiger partial charge in [0.1, 0.15) is 11.5 Å². The molecule has 4 heteroatoms. The van der Waals surface area contributed by atoms with Crippen molar-refractivity contribution < 1.29 is 13.9 Å². The van der Waals surface area contributed by atoms with Gasteiger partial charge in [0.25, 0.3) is 5.91 Å². The lowest BCUT2D eigenvalue weighted by molar-refractivity contribution is -0.134. The topological polar surface area (TPSA) is 42.7 Å². The molecule has 2 aromatic carbocycles. The van der Waals surface area contributed by atoms with E-state index in [1.54, 1.807) is 18.2 Å². The van der Waals surface area contributed by atoms with E-state index >= 15 is 0 Å². The second-order valence-corrected chi connectivity index (χ2v) is 5.49. The van der Waals surface area contributed by atoms with Crippen molar-refractivity contribution in [2.24, 2.45) is 0 Å². The van der Waals surface area contributed by atoms with Gasteiger partial charge < -0.3 is 14.1 Å². The zero-order chi connectivity index (χ0) is 16.2. The summed E-state index contributed by atoms with van der Waals surface area (Å²) in [6, 6.07) is 17.4. The summed E-state index contributed by atoms with van der Waals surface area (Å²) in [5.74, 6) is 1.35. The number of benzene rings is 2. The average molecular weight is 309 g/mol. The molecule has 0 aliphatic heterocycles. The first-order valence-electron chi connectivity index (χ1n) is 7.56. The number of hydrogen-bond acceptors (Lipinski definition) is 3. The Morgan fingerprint density at radius 3 is 2.65 bits per heavy atom. The van der Waals surface area contributed by atoms with Crippen molar-refractivity contribution in [3.8, 4) is 5.75 Å². The molecule has 0 saturated carbocycles. The first-order valence-corrected chi connectivity index (χ1v) is 7.56. The summed E-state index contributed by atoms with van der Waals surface area (Å²) in [5, 5.41) is 2.24. The maximum atomic E-state index is 12.3. The van der Waals surface area contributed by atoms with Gasteiger partial charge in [-0.2, -0.15) is 0 Å². The van der Waals surface area contributed by atoms with Gasteiger partial charge in [-0.1, -0.05) is 30.3 Å². The van der Waals surface area contributed by atoms with Gasteiger partial charge in [-0.05, 0) is 42.0 Å². The van der Waals surface area contributed by atoms with Crippen molar-refractivity contribution in [3.05, 3.63) is 66.6 Å². The van der Waals surface area contributed by atoms with Crippen molar-refractivity contribution in [3.63, 3.8) is 0 Å². The van der Waals surface area contributed by atoms with Crippen LogP contribution in [0.5, 0.6) is 5.75 Å². The maximum Gasteiger partial charge on any atom is 0.260 e. The summed E-state index contributed by atoms with van der Waals surface area (Å²) in [4.78, 5) is 13.9. The Kier molecular flexibility index (Phi) is 4.33. The Balaban J connectivity index is 1.63. The molecule has 1 atom stereocenters. The second kappa shape index (κ2) is 6.57. The quantitative estimate of drug-likeness (QED) is 0.714. The van der Waals surface area contributed by atoms with Crippen LogP contribution in [0.15, 0.2) is 65.3 Å². The standard InChI is InChI=1S/C19H19NO3/c1-14(18-8-5-11-22-18)20(2)19(21)13-23-17-10-9-15-6-3-4-7-16(15)12-17/h3-12,14H,13H2,1-2H3. The molecule has 0 N–H and O–H groups in total. The molecule has 0 saturated heterocycles. The molecular formula is C19H19NO3. The Bertz CT molecular complexity index is 795. The Morgan fingerprint density at radius 1 is 1.13 bits per heavy atom. The molecule has 1 unspecified atom stereocenters. The fourth-order valence-corrected chi connectivity index (χ4v) is 2.44. The second-order valence-electron chi connectivity index (χ2n) is 5.49. The van der Waals surface area contributed by atoms with Gasteiger partial charge >= 0.3 is 0 Å². The number of rotatable bonds is 5. The van der Waals surface area contributed by atoms with Crippen LogP contribution in [0.4, 0.5) is 0 Å². The van der Waals surface area contributed by atoms with Gasteiger partial charge in [-0.15, -0.1) is 0 Å². The van der Waals surface area contributed by atoms with E-state index < -0.39 is 0 Å². The van der Waals surface area contributed by atoms with Crippen LogP contribution < -0.4 is 4.74 Å². The minimum atomic E-state index is -0.127. The fraction of sp³-hybridized carbons (Fsp3) is 0.211. The number of nitrogens with zero attached hydrogens (tertiary/aromatic N) is 1. The van der Waals surface area contributed by atoms with Crippen LogP contribution in [0.2, 0.25) is 0 Å². The van der Waals surface area contributed by atoms with Crippen molar-refractivity contribution in [1.82, 2.24) is 4.90 Å². The van der Waals surface area contributed by atoms with Crippen LogP contribution >= 0.6 is 0 Å². The highest BCUT2D eigenvalue weighted by atomic mass is 16.5. The van der Waals surface area contributed by atoms with Gasteiger partial charge in [0.05, 0.1) is 12.3 Å². The molecule has 23 heavy (non-hydrogen) atoms. The molecule has 118 valence electrons. The summed E-state index contributed by atoms with van der Waals surface area (Å²) >= 11 is 0. The summed E-state index contributed by atoms with van der Waals surface area (Å²) in [6.07, 6.45) is 1.61. The SMILES string of the molecule is CC(c1ccco1)N(C)C(=O)COc1ccc2ccccc2c1. The number of furan rings is 1. The smallest absolute Gasteiger partial charge is 0.260 e. The lowest BCUT2D eigenvalue weighted by Gasteiger charge is -2.23. The highest BCUT2D eigenvalue weighted by Gasteiger charge is 2.19. The van der Waals surface area contributed by atoms with E-state index in [4.69, 9.17) is 9.15 Å². The normalized spacial score (nSPS) is 12.1. The summed E-state index contributed by atoms with van der Waals surface area (Å²) in [5.41, 5.74) is 0. The predicted octanol–water partition coefficient (Wildman–Crippen LogP) is 4.03. The number of amides is 1. The molecule has 1 amide bonds. The number of carbonyl (C=O) groups excluding carboxylic acids is 1. The lowest BCUT2D eigenvalue weighted by atomic mass is 10.1. The Hall–Kier alpha value is -2.75. The van der Waals surface area contributed by atoms with E-state index in [-0.39, 0.29) is 18.6 Å². The molecular weight excluding hydrogens is 290 g/mol. The zero-order valence-electron chi connectivity index (χ0n) is 13.2. The lowest BCUT2D eigenvalue weighted by Crippen LogP contribution is -2.33. The monoisotopic (exact) mass is 309 g/mol. The zero-order valence-corrected chi connectivity index (χ0v) is 13.2. The van der Waals surface area contributed by atoms with Crippen LogP contribution in [0.3, 0.4) is 0 Å². The van der Waals surface area contributed by atoms with Crippen LogP contribution in [0, 0.1) is 0 Å². The van der Waals surface area contributed by atoms with Gasteiger partial charge in [-0.25, -0.2) is 0 Å². The van der Waals surface area contributed by atoms with Gasteiger partial charge in [0, 0.05) is 7.05 Å². The Labute approximate surface area is 135 Å². The molecule has 0 aliphatic rings. The van der Waals surface area contributed by atoms with Crippen LogP contribution in [0.1, 0.15) is 18.7 Å². The molecule has 3 rings (SSSR count). The van der Waals surface area contributed by atoms with Gasteiger partial charge in [0.2, 0.25) is 0 Å². The molecule has 3 aromatic rings. The Morgan fingerprint density at radius 2 is 1.91 bits per heavy atom. The van der Waals surface area contributed by atoms with Crippen LogP contribution in [-0.4, -0.2) is 24.5 Å². The highest BCUT2D eigenvalue weighted by Crippen LogP contribution is 2.22. The average Bonchev–Trinajstić information content (AvgIpc) is 3.12. The predicted molar refractivity (Wildman–Crippen MR) is 89.3 cm³/mol. The highest BCUT2D eigenvalue weighted by molar-refractivity contribution is 5.84. The van der Waals surface area contributed by atoms with Crippen LogP contribution in [-0.2, 0) is 4.79 Å². The third-order valence-corrected chi connectivity index (χ3v) is 4.01. The molecule has 1 heterocycles. The third kappa shape index (κ3) is 3.37. The van der Waals surface area contributed by atoms with Crippen molar-refractivity contribution >= 4 is 16.7 Å². The van der Waals surface area contributed by atoms with Gasteiger partial charge in [-0.3, -0.25) is 4.79 Å². The van der Waals surface area contributed by atoms with Crippen molar-refractivity contribution in [1.29, 1.82) is 0 Å². The van der Waals surface area contributed by atoms with E-state index in [9.17, 15) is 4.79 Å². The number of fused-ring (bicyclic) bond motifs is 1. The van der Waals surface area contributed by atoms with Gasteiger partial charge in [0.15, 0.2) is 6.61 Å². The first kappa shape index (κ1) is 15.2. The maximum absolute atomic E-state index is 12.3. The van der Waals surface area contributed by atoms with Crippen molar-refractivity contribution in [2.45, 2.75) is 13.0 Å². The van der Waals surface area contributed by atoms with E-state index in [1.165, 1.54) is 0 Å². The summed E-state index contributed by atoms with van der Waals surface area (Å²) in [6.45, 7) is 1.92. The number of hydrogen-bond donors (Lipinski definition) is 0. The molecule has 0 bridgehead atoms. The molecule has 0 spiro atoms. The molecule has 0 fully saturated rings. The molecule has 1 aromatic heterocycles. The van der Waals surface area contributed by atoms with E-state index in [0.29, 0.717) is 5.75 Å². The third-order valence-electron chi connectivity index (χ3n) is 4.01. The summed E-state index contributed by atoms with van der Waals surface area (Å²) in [7, 11) is 1.75. The molecule has 4 nitrogen and oxygen atoms in total. The minimum Gasteiger partial charge on any atom is -0.484 e. The minimum absolute atomic E-state index is 0.000110. The molecule has 0 radical (unpaired) electrons. The van der Waals surface area contributed by atoms with Crippen LogP contribution in [0.25, 0.3) is 10.8 Å². The first-order chi connectivity index (χ1) is 11.1. The van der Waals surface area contributed by atoms with E-state index in [1.807, 2.05) is 61.5 Å². The van der Waals surface area contributed by atoms with Crippen molar-refractivity contribution in [2.75, 3.05) is 13.7 Å². The largest absolute Gasteiger partial charge is 0.484 e. The number of carbonyl (C=O) groups is 1. The van der Waals surface area contributed by atoms with E-state index in [2.05, 4.69) is 0 Å². The van der Waals surface area contributed by atoms with E-state index in [0.717, 1.165) is 16.5 Å². The summed E-state index contributed by atoms with van der Waals surface area (Å²) < 4.78 is 11.0. The fourth-order valence-electron chi connectivity index (χ4n) is 2.44.